The second-order valence-corrected chi connectivity index (χ2v) is 5.92. The highest BCUT2D eigenvalue weighted by atomic mass is 32.1. The van der Waals surface area contributed by atoms with Crippen molar-refractivity contribution in [2.24, 2.45) is 0 Å². The van der Waals surface area contributed by atoms with Crippen LogP contribution in [0.5, 0.6) is 5.75 Å². The predicted octanol–water partition coefficient (Wildman–Crippen LogP) is 3.20. The molecule has 1 aromatic carbocycles. The van der Waals surface area contributed by atoms with Crippen molar-refractivity contribution in [1.29, 1.82) is 0 Å². The molecular formula is C16H21NO2S. The number of hydrogen-bond acceptors (Lipinski definition) is 4. The lowest BCUT2D eigenvalue weighted by molar-refractivity contribution is 0.170. The van der Waals surface area contributed by atoms with Gasteiger partial charge in [-0.15, -0.1) is 11.3 Å². The fourth-order valence-corrected chi connectivity index (χ4v) is 3.01. The molecule has 0 bridgehead atoms. The fourth-order valence-electron chi connectivity index (χ4n) is 2.13. The molecule has 0 aliphatic carbocycles. The van der Waals surface area contributed by atoms with Gasteiger partial charge in [0, 0.05) is 23.5 Å². The molecule has 0 radical (unpaired) electrons. The monoisotopic (exact) mass is 291 g/mol. The standard InChI is InChI=1S/C16H21NO2S/c1-11-4-5-15(19-3)13(8-11)14(18)9-17-10-16-12(2)6-7-20-16/h4-8,14,17-18H,9-10H2,1-3H3. The molecule has 0 saturated carbocycles. The van der Waals surface area contributed by atoms with Gasteiger partial charge in [0.2, 0.25) is 0 Å². The van der Waals surface area contributed by atoms with Crippen molar-refractivity contribution < 1.29 is 9.84 Å². The van der Waals surface area contributed by atoms with Crippen LogP contribution in [0, 0.1) is 13.8 Å². The number of aliphatic hydroxyl groups is 1. The van der Waals surface area contributed by atoms with Gasteiger partial charge in [-0.3, -0.25) is 0 Å². The van der Waals surface area contributed by atoms with Gasteiger partial charge in [0.05, 0.1) is 13.2 Å². The summed E-state index contributed by atoms with van der Waals surface area (Å²) in [4.78, 5) is 1.31. The Morgan fingerprint density at radius 2 is 2.10 bits per heavy atom. The third kappa shape index (κ3) is 3.60. The third-order valence-corrected chi connectivity index (χ3v) is 4.36. The molecule has 3 nitrogen and oxygen atoms in total. The Kier molecular flexibility index (Phi) is 5.17. The number of thiophene rings is 1. The zero-order chi connectivity index (χ0) is 14.5. The normalized spacial score (nSPS) is 12.4. The molecule has 0 aliphatic heterocycles. The first-order valence-electron chi connectivity index (χ1n) is 6.68. The molecule has 0 fully saturated rings. The first kappa shape index (κ1) is 15.0. The minimum Gasteiger partial charge on any atom is -0.496 e. The summed E-state index contributed by atoms with van der Waals surface area (Å²) in [5.74, 6) is 0.734. The Labute approximate surface area is 124 Å². The van der Waals surface area contributed by atoms with Crippen LogP contribution in [0.15, 0.2) is 29.6 Å². The highest BCUT2D eigenvalue weighted by Gasteiger charge is 2.13. The van der Waals surface area contributed by atoms with Crippen LogP contribution < -0.4 is 10.1 Å². The fraction of sp³-hybridized carbons (Fsp3) is 0.375. The Balaban J connectivity index is 1.96. The van der Waals surface area contributed by atoms with E-state index < -0.39 is 6.10 Å². The van der Waals surface area contributed by atoms with Gasteiger partial charge in [-0.05, 0) is 43.0 Å². The number of hydrogen-bond donors (Lipinski definition) is 2. The summed E-state index contributed by atoms with van der Waals surface area (Å²) in [5.41, 5.74) is 3.25. The average molecular weight is 291 g/mol. The highest BCUT2D eigenvalue weighted by Crippen LogP contribution is 2.26. The molecule has 0 saturated heterocycles. The van der Waals surface area contributed by atoms with Crippen molar-refractivity contribution in [3.8, 4) is 5.75 Å². The molecule has 4 heteroatoms. The number of ether oxygens (including phenoxy) is 1. The van der Waals surface area contributed by atoms with Gasteiger partial charge in [0.15, 0.2) is 0 Å². The molecule has 0 spiro atoms. The lowest BCUT2D eigenvalue weighted by atomic mass is 10.1. The van der Waals surface area contributed by atoms with Gasteiger partial charge in [-0.1, -0.05) is 11.6 Å². The van der Waals surface area contributed by atoms with Crippen LogP contribution in [0.3, 0.4) is 0 Å². The average Bonchev–Trinajstić information content (AvgIpc) is 2.84. The van der Waals surface area contributed by atoms with E-state index in [0.29, 0.717) is 6.54 Å². The third-order valence-electron chi connectivity index (χ3n) is 3.34. The van der Waals surface area contributed by atoms with E-state index in [1.54, 1.807) is 18.4 Å². The first-order chi connectivity index (χ1) is 9.61. The smallest absolute Gasteiger partial charge is 0.124 e. The van der Waals surface area contributed by atoms with Gasteiger partial charge in [-0.25, -0.2) is 0 Å². The van der Waals surface area contributed by atoms with E-state index in [4.69, 9.17) is 4.74 Å². The van der Waals surface area contributed by atoms with E-state index in [1.165, 1.54) is 10.4 Å². The molecule has 2 aromatic rings. The minimum absolute atomic E-state index is 0.511. The maximum absolute atomic E-state index is 10.3. The zero-order valence-electron chi connectivity index (χ0n) is 12.1. The number of aryl methyl sites for hydroxylation is 2. The van der Waals surface area contributed by atoms with E-state index in [-0.39, 0.29) is 0 Å². The minimum atomic E-state index is -0.565. The van der Waals surface area contributed by atoms with E-state index in [0.717, 1.165) is 23.4 Å². The van der Waals surface area contributed by atoms with Crippen molar-refractivity contribution >= 4 is 11.3 Å². The van der Waals surface area contributed by atoms with Crippen LogP contribution in [0.1, 0.15) is 27.7 Å². The van der Waals surface area contributed by atoms with E-state index >= 15 is 0 Å². The molecule has 2 rings (SSSR count). The Bertz CT molecular complexity index is 565. The second kappa shape index (κ2) is 6.88. The van der Waals surface area contributed by atoms with Crippen LogP contribution in [-0.2, 0) is 6.54 Å². The van der Waals surface area contributed by atoms with Crippen molar-refractivity contribution in [2.75, 3.05) is 13.7 Å². The SMILES string of the molecule is COc1ccc(C)cc1C(O)CNCc1sccc1C. The molecule has 0 aliphatic rings. The maximum atomic E-state index is 10.3. The zero-order valence-corrected chi connectivity index (χ0v) is 13.0. The van der Waals surface area contributed by atoms with E-state index in [1.807, 2.05) is 25.1 Å². The van der Waals surface area contributed by atoms with Crippen LogP contribution in [0.4, 0.5) is 0 Å². The largest absolute Gasteiger partial charge is 0.496 e. The highest BCUT2D eigenvalue weighted by molar-refractivity contribution is 7.10. The summed E-state index contributed by atoms with van der Waals surface area (Å²) in [6.07, 6.45) is -0.565. The molecular weight excluding hydrogens is 270 g/mol. The van der Waals surface area contributed by atoms with Gasteiger partial charge in [0.25, 0.3) is 0 Å². The van der Waals surface area contributed by atoms with Crippen molar-refractivity contribution in [2.45, 2.75) is 26.5 Å². The van der Waals surface area contributed by atoms with Gasteiger partial charge >= 0.3 is 0 Å². The summed E-state index contributed by atoms with van der Waals surface area (Å²) in [7, 11) is 1.63. The summed E-state index contributed by atoms with van der Waals surface area (Å²) in [6, 6.07) is 7.97. The summed E-state index contributed by atoms with van der Waals surface area (Å²) in [6.45, 7) is 5.41. The summed E-state index contributed by atoms with van der Waals surface area (Å²) < 4.78 is 5.31. The number of methoxy groups -OCH3 is 1. The second-order valence-electron chi connectivity index (χ2n) is 4.92. The lowest BCUT2D eigenvalue weighted by Gasteiger charge is -2.16. The Morgan fingerprint density at radius 1 is 1.30 bits per heavy atom. The summed E-state index contributed by atoms with van der Waals surface area (Å²) >= 11 is 1.74. The summed E-state index contributed by atoms with van der Waals surface area (Å²) in [5, 5.41) is 15.7. The number of nitrogens with one attached hydrogen (secondary N) is 1. The molecule has 108 valence electrons. The van der Waals surface area contributed by atoms with Crippen molar-refractivity contribution in [3.63, 3.8) is 0 Å². The molecule has 1 unspecified atom stereocenters. The quantitative estimate of drug-likeness (QED) is 0.859. The van der Waals surface area contributed by atoms with Crippen LogP contribution in [0.25, 0.3) is 0 Å². The van der Waals surface area contributed by atoms with Crippen LogP contribution >= 0.6 is 11.3 Å². The van der Waals surface area contributed by atoms with Gasteiger partial charge in [-0.2, -0.15) is 0 Å². The number of rotatable bonds is 6. The van der Waals surface area contributed by atoms with E-state index in [2.05, 4.69) is 23.7 Å². The molecule has 0 amide bonds. The first-order valence-corrected chi connectivity index (χ1v) is 7.56. The maximum Gasteiger partial charge on any atom is 0.124 e. The van der Waals surface area contributed by atoms with Crippen molar-refractivity contribution in [1.82, 2.24) is 5.32 Å². The predicted molar refractivity (Wildman–Crippen MR) is 83.5 cm³/mol. The number of benzene rings is 1. The molecule has 1 heterocycles. The molecule has 1 atom stereocenters. The van der Waals surface area contributed by atoms with Crippen molar-refractivity contribution in [3.05, 3.63) is 51.2 Å². The topological polar surface area (TPSA) is 41.5 Å². The Morgan fingerprint density at radius 3 is 2.75 bits per heavy atom. The molecule has 1 aromatic heterocycles. The van der Waals surface area contributed by atoms with Crippen LogP contribution in [-0.4, -0.2) is 18.8 Å². The number of aliphatic hydroxyl groups excluding tert-OH is 1. The van der Waals surface area contributed by atoms with E-state index in [9.17, 15) is 5.11 Å². The lowest BCUT2D eigenvalue weighted by Crippen LogP contribution is -2.21. The molecule has 20 heavy (non-hydrogen) atoms. The Hall–Kier alpha value is -1.36. The van der Waals surface area contributed by atoms with Gasteiger partial charge < -0.3 is 15.2 Å². The van der Waals surface area contributed by atoms with Gasteiger partial charge in [0.1, 0.15) is 5.75 Å². The molecule has 2 N–H and O–H groups in total. The van der Waals surface area contributed by atoms with Crippen LogP contribution in [0.2, 0.25) is 0 Å².